The van der Waals surface area contributed by atoms with Crippen LogP contribution in [-0.2, 0) is 4.79 Å². The number of amides is 5. The Bertz CT molecular complexity index is 445. The molecule has 0 aromatic carbocycles. The Morgan fingerprint density at radius 2 is 1.70 bits per heavy atom. The first-order valence-electron chi connectivity index (χ1n) is 7.28. The molecule has 0 aromatic rings. The summed E-state index contributed by atoms with van der Waals surface area (Å²) >= 11 is 0. The monoisotopic (exact) mass is 280 g/mol. The Labute approximate surface area is 117 Å². The number of urea groups is 2. The Morgan fingerprint density at radius 3 is 2.30 bits per heavy atom. The number of carbonyl (C=O) groups is 3. The molecular formula is C13H20N4O3. The Hall–Kier alpha value is -1.79. The first-order chi connectivity index (χ1) is 9.61. The van der Waals surface area contributed by atoms with Gasteiger partial charge in [0.05, 0.1) is 6.54 Å². The lowest BCUT2D eigenvalue weighted by atomic mass is 10.00. The van der Waals surface area contributed by atoms with Gasteiger partial charge in [-0.25, -0.2) is 9.59 Å². The molecule has 7 heteroatoms. The number of carbonyl (C=O) groups excluding carboxylic acids is 3. The second-order valence-electron chi connectivity index (χ2n) is 5.85. The highest BCUT2D eigenvalue weighted by atomic mass is 16.2. The van der Waals surface area contributed by atoms with Crippen molar-refractivity contribution in [2.24, 2.45) is 0 Å². The number of imide groups is 1. The Morgan fingerprint density at radius 1 is 1.00 bits per heavy atom. The molecule has 20 heavy (non-hydrogen) atoms. The maximum Gasteiger partial charge on any atom is 0.322 e. The average Bonchev–Trinajstić information content (AvgIpc) is 2.82. The maximum atomic E-state index is 12.5. The van der Waals surface area contributed by atoms with Crippen LogP contribution in [0.25, 0.3) is 0 Å². The summed E-state index contributed by atoms with van der Waals surface area (Å²) in [5.74, 6) is -0.311. The first kappa shape index (κ1) is 13.2. The summed E-state index contributed by atoms with van der Waals surface area (Å²) in [4.78, 5) is 39.2. The standard InChI is InChI=1S/C13H20N4O3/c18-10-13(15-11(19)14-10)5-8-17(9-13)12(20)16-6-3-1-2-4-7-16/h1-9H2,(H2,14,15,18,19). The van der Waals surface area contributed by atoms with Crippen LogP contribution in [0, 0.1) is 0 Å². The minimum absolute atomic E-state index is 0.00211. The number of nitrogens with one attached hydrogen (secondary N) is 2. The molecule has 3 fully saturated rings. The second-order valence-corrected chi connectivity index (χ2v) is 5.85. The average molecular weight is 280 g/mol. The van der Waals surface area contributed by atoms with Gasteiger partial charge in [0.15, 0.2) is 0 Å². The van der Waals surface area contributed by atoms with Gasteiger partial charge in [-0.2, -0.15) is 0 Å². The van der Waals surface area contributed by atoms with Crippen molar-refractivity contribution in [1.29, 1.82) is 0 Å². The molecule has 110 valence electrons. The molecule has 3 rings (SSSR count). The van der Waals surface area contributed by atoms with Crippen LogP contribution in [0.4, 0.5) is 9.59 Å². The zero-order valence-electron chi connectivity index (χ0n) is 11.5. The molecule has 0 radical (unpaired) electrons. The summed E-state index contributed by atoms with van der Waals surface area (Å²) in [7, 11) is 0. The molecule has 3 heterocycles. The molecule has 0 saturated carbocycles. The smallest absolute Gasteiger partial charge is 0.322 e. The van der Waals surface area contributed by atoms with Crippen molar-refractivity contribution in [3.63, 3.8) is 0 Å². The van der Waals surface area contributed by atoms with E-state index in [0.29, 0.717) is 13.0 Å². The highest BCUT2D eigenvalue weighted by molar-refractivity contribution is 6.07. The summed E-state index contributed by atoms with van der Waals surface area (Å²) in [6.07, 6.45) is 4.92. The summed E-state index contributed by atoms with van der Waals surface area (Å²) in [5.41, 5.74) is -0.904. The van der Waals surface area contributed by atoms with Crippen LogP contribution in [0.1, 0.15) is 32.1 Å². The fourth-order valence-corrected chi connectivity index (χ4v) is 3.25. The third-order valence-corrected chi connectivity index (χ3v) is 4.43. The fourth-order valence-electron chi connectivity index (χ4n) is 3.25. The molecule has 3 saturated heterocycles. The number of likely N-dealkylation sites (tertiary alicyclic amines) is 2. The van der Waals surface area contributed by atoms with Gasteiger partial charge >= 0.3 is 12.1 Å². The normalized spacial score (nSPS) is 30.4. The lowest BCUT2D eigenvalue weighted by Gasteiger charge is -2.28. The minimum Gasteiger partial charge on any atom is -0.325 e. The van der Waals surface area contributed by atoms with E-state index in [2.05, 4.69) is 10.6 Å². The molecule has 0 bridgehead atoms. The third kappa shape index (κ3) is 2.21. The molecule has 0 aliphatic carbocycles. The van der Waals surface area contributed by atoms with E-state index in [0.717, 1.165) is 25.9 Å². The summed E-state index contributed by atoms with van der Waals surface area (Å²) in [5, 5.41) is 4.93. The lowest BCUT2D eigenvalue weighted by molar-refractivity contribution is -0.123. The van der Waals surface area contributed by atoms with Crippen LogP contribution < -0.4 is 10.6 Å². The SMILES string of the molecule is O=C1NC(=O)C2(CCN(C(=O)N3CCCCCC3)C2)N1. The zero-order chi connectivity index (χ0) is 14.2. The van der Waals surface area contributed by atoms with E-state index in [-0.39, 0.29) is 18.5 Å². The summed E-state index contributed by atoms with van der Waals surface area (Å²) < 4.78 is 0. The zero-order valence-corrected chi connectivity index (χ0v) is 11.5. The van der Waals surface area contributed by atoms with E-state index in [1.165, 1.54) is 12.8 Å². The molecule has 2 N–H and O–H groups in total. The van der Waals surface area contributed by atoms with Crippen molar-refractivity contribution >= 4 is 18.0 Å². The van der Waals surface area contributed by atoms with Crippen molar-refractivity contribution in [2.75, 3.05) is 26.2 Å². The highest BCUT2D eigenvalue weighted by Gasteiger charge is 2.52. The number of hydrogen-bond donors (Lipinski definition) is 2. The minimum atomic E-state index is -0.904. The topological polar surface area (TPSA) is 81.8 Å². The van der Waals surface area contributed by atoms with Crippen LogP contribution in [0.2, 0.25) is 0 Å². The number of nitrogens with zero attached hydrogens (tertiary/aromatic N) is 2. The van der Waals surface area contributed by atoms with E-state index in [4.69, 9.17) is 0 Å². The fraction of sp³-hybridized carbons (Fsp3) is 0.769. The van der Waals surface area contributed by atoms with Crippen LogP contribution in [0.3, 0.4) is 0 Å². The number of hydrogen-bond acceptors (Lipinski definition) is 3. The van der Waals surface area contributed by atoms with E-state index in [1.807, 2.05) is 4.90 Å². The van der Waals surface area contributed by atoms with Gasteiger partial charge in [-0.3, -0.25) is 10.1 Å². The van der Waals surface area contributed by atoms with Gasteiger partial charge in [0.1, 0.15) is 5.54 Å². The van der Waals surface area contributed by atoms with Crippen molar-refractivity contribution < 1.29 is 14.4 Å². The molecule has 3 aliphatic heterocycles. The highest BCUT2D eigenvalue weighted by Crippen LogP contribution is 2.26. The van der Waals surface area contributed by atoms with Gasteiger partial charge in [0.25, 0.3) is 5.91 Å². The molecule has 1 spiro atoms. The number of rotatable bonds is 0. The third-order valence-electron chi connectivity index (χ3n) is 4.43. The predicted octanol–water partition coefficient (Wildman–Crippen LogP) is 0.266. The molecular weight excluding hydrogens is 260 g/mol. The van der Waals surface area contributed by atoms with Gasteiger partial charge in [-0.05, 0) is 19.3 Å². The van der Waals surface area contributed by atoms with Gasteiger partial charge < -0.3 is 15.1 Å². The van der Waals surface area contributed by atoms with Crippen LogP contribution in [0.5, 0.6) is 0 Å². The van der Waals surface area contributed by atoms with Gasteiger partial charge in [-0.15, -0.1) is 0 Å². The lowest BCUT2D eigenvalue weighted by Crippen LogP contribution is -2.51. The second kappa shape index (κ2) is 4.96. The van der Waals surface area contributed by atoms with Crippen molar-refractivity contribution in [1.82, 2.24) is 20.4 Å². The van der Waals surface area contributed by atoms with E-state index in [9.17, 15) is 14.4 Å². The molecule has 1 unspecified atom stereocenters. The van der Waals surface area contributed by atoms with E-state index < -0.39 is 11.6 Å². The molecule has 0 aromatic heterocycles. The molecule has 7 nitrogen and oxygen atoms in total. The van der Waals surface area contributed by atoms with Crippen molar-refractivity contribution in [2.45, 2.75) is 37.6 Å². The van der Waals surface area contributed by atoms with Crippen molar-refractivity contribution in [3.8, 4) is 0 Å². The summed E-state index contributed by atoms with van der Waals surface area (Å²) in [6, 6.07) is -0.461. The van der Waals surface area contributed by atoms with Gasteiger partial charge in [-0.1, -0.05) is 12.8 Å². The molecule has 5 amide bonds. The molecule has 3 aliphatic rings. The first-order valence-corrected chi connectivity index (χ1v) is 7.28. The van der Waals surface area contributed by atoms with Gasteiger partial charge in [0.2, 0.25) is 0 Å². The summed E-state index contributed by atoms with van der Waals surface area (Å²) in [6.45, 7) is 2.38. The van der Waals surface area contributed by atoms with Crippen LogP contribution >= 0.6 is 0 Å². The van der Waals surface area contributed by atoms with Gasteiger partial charge in [0, 0.05) is 19.6 Å². The van der Waals surface area contributed by atoms with Crippen LogP contribution in [-0.4, -0.2) is 59.5 Å². The molecule has 1 atom stereocenters. The maximum absolute atomic E-state index is 12.5. The quantitative estimate of drug-likeness (QED) is 0.625. The Kier molecular flexibility index (Phi) is 3.27. The largest absolute Gasteiger partial charge is 0.325 e. The van der Waals surface area contributed by atoms with E-state index >= 15 is 0 Å². The van der Waals surface area contributed by atoms with Crippen LogP contribution in [0.15, 0.2) is 0 Å². The van der Waals surface area contributed by atoms with E-state index in [1.54, 1.807) is 4.90 Å². The predicted molar refractivity (Wildman–Crippen MR) is 71.0 cm³/mol. The Balaban J connectivity index is 1.66. The van der Waals surface area contributed by atoms with Crippen molar-refractivity contribution in [3.05, 3.63) is 0 Å².